The molecule has 28 heavy (non-hydrogen) atoms. The number of ether oxygens (including phenoxy) is 1. The molecular weight excluding hydrogens is 388 g/mol. The standard InChI is InChI=1S/C23H25ClN2OS/c1-15-8-6-11-19(16(15)2)27-21-13-20(23(3,4)5)25-22(26-21)28-14-17-9-7-10-18(24)12-17/h6-13H,14H2,1-5H3. The molecule has 0 amide bonds. The summed E-state index contributed by atoms with van der Waals surface area (Å²) in [4.78, 5) is 9.41. The monoisotopic (exact) mass is 412 g/mol. The Labute approximate surface area is 176 Å². The number of hydrogen-bond acceptors (Lipinski definition) is 4. The molecule has 0 radical (unpaired) electrons. The van der Waals surface area contributed by atoms with Gasteiger partial charge in [0.1, 0.15) is 5.75 Å². The van der Waals surface area contributed by atoms with Crippen LogP contribution in [-0.4, -0.2) is 9.97 Å². The average molecular weight is 413 g/mol. The van der Waals surface area contributed by atoms with Gasteiger partial charge in [0, 0.05) is 22.3 Å². The molecule has 3 nitrogen and oxygen atoms in total. The molecule has 0 fully saturated rings. The predicted octanol–water partition coefficient (Wildman–Crippen LogP) is 7.13. The summed E-state index contributed by atoms with van der Waals surface area (Å²) in [6, 6.07) is 15.8. The van der Waals surface area contributed by atoms with Crippen molar-refractivity contribution in [2.24, 2.45) is 0 Å². The van der Waals surface area contributed by atoms with Crippen molar-refractivity contribution in [3.05, 3.63) is 75.9 Å². The average Bonchev–Trinajstić information content (AvgIpc) is 2.63. The maximum absolute atomic E-state index is 6.15. The molecule has 0 aliphatic carbocycles. The van der Waals surface area contributed by atoms with E-state index in [1.54, 1.807) is 11.8 Å². The fourth-order valence-corrected chi connectivity index (χ4v) is 3.63. The highest BCUT2D eigenvalue weighted by Gasteiger charge is 2.19. The summed E-state index contributed by atoms with van der Waals surface area (Å²) in [7, 11) is 0. The van der Waals surface area contributed by atoms with Crippen molar-refractivity contribution in [3.8, 4) is 11.6 Å². The molecule has 1 heterocycles. The van der Waals surface area contributed by atoms with Gasteiger partial charge in [-0.3, -0.25) is 0 Å². The van der Waals surface area contributed by atoms with E-state index in [1.165, 1.54) is 5.56 Å². The third kappa shape index (κ3) is 5.27. The maximum Gasteiger partial charge on any atom is 0.223 e. The Hall–Kier alpha value is -2.04. The molecule has 0 aliphatic heterocycles. The van der Waals surface area contributed by atoms with Crippen LogP contribution < -0.4 is 4.74 Å². The van der Waals surface area contributed by atoms with Crippen molar-refractivity contribution in [2.45, 2.75) is 50.9 Å². The number of benzene rings is 2. The molecule has 0 atom stereocenters. The van der Waals surface area contributed by atoms with Crippen LogP contribution in [0.4, 0.5) is 0 Å². The highest BCUT2D eigenvalue weighted by atomic mass is 35.5. The molecule has 0 unspecified atom stereocenters. The molecule has 0 bridgehead atoms. The first-order valence-electron chi connectivity index (χ1n) is 9.23. The second-order valence-electron chi connectivity index (χ2n) is 7.84. The van der Waals surface area contributed by atoms with Crippen LogP contribution in [0.2, 0.25) is 5.02 Å². The lowest BCUT2D eigenvalue weighted by Gasteiger charge is -2.19. The van der Waals surface area contributed by atoms with Crippen LogP contribution in [0.3, 0.4) is 0 Å². The molecule has 5 heteroatoms. The highest BCUT2D eigenvalue weighted by Crippen LogP contribution is 2.31. The van der Waals surface area contributed by atoms with Gasteiger partial charge in [-0.2, -0.15) is 4.98 Å². The van der Waals surface area contributed by atoms with E-state index in [-0.39, 0.29) is 5.41 Å². The SMILES string of the molecule is Cc1cccc(Oc2cc(C(C)(C)C)nc(SCc3cccc(Cl)c3)n2)c1C. The quantitative estimate of drug-likeness (QED) is 0.329. The second kappa shape index (κ2) is 8.54. The van der Waals surface area contributed by atoms with Gasteiger partial charge in [-0.1, -0.05) is 68.4 Å². The molecular formula is C23H25ClN2OS. The van der Waals surface area contributed by atoms with E-state index in [0.717, 1.165) is 33.3 Å². The van der Waals surface area contributed by atoms with Crippen LogP contribution >= 0.6 is 23.4 Å². The number of halogens is 1. The number of aromatic nitrogens is 2. The van der Waals surface area contributed by atoms with Gasteiger partial charge in [0.05, 0.1) is 5.69 Å². The molecule has 1 aromatic heterocycles. The molecule has 146 valence electrons. The van der Waals surface area contributed by atoms with E-state index >= 15 is 0 Å². The normalized spacial score (nSPS) is 11.5. The minimum atomic E-state index is -0.103. The van der Waals surface area contributed by atoms with Crippen LogP contribution in [0.15, 0.2) is 53.7 Å². The van der Waals surface area contributed by atoms with Crippen molar-refractivity contribution in [3.63, 3.8) is 0 Å². The molecule has 0 aliphatic rings. The summed E-state index contributed by atoms with van der Waals surface area (Å²) in [5.41, 5.74) is 4.30. The van der Waals surface area contributed by atoms with Crippen LogP contribution in [0.1, 0.15) is 43.2 Å². The fraction of sp³-hybridized carbons (Fsp3) is 0.304. The minimum Gasteiger partial charge on any atom is -0.439 e. The Morgan fingerprint density at radius 2 is 1.75 bits per heavy atom. The van der Waals surface area contributed by atoms with Crippen LogP contribution in [-0.2, 0) is 11.2 Å². The van der Waals surface area contributed by atoms with Crippen molar-refractivity contribution in [1.82, 2.24) is 9.97 Å². The van der Waals surface area contributed by atoms with E-state index in [4.69, 9.17) is 21.3 Å². The van der Waals surface area contributed by atoms with E-state index in [2.05, 4.69) is 51.7 Å². The number of nitrogens with zero attached hydrogens (tertiary/aromatic N) is 2. The summed E-state index contributed by atoms with van der Waals surface area (Å²) >= 11 is 7.68. The maximum atomic E-state index is 6.15. The first-order valence-corrected chi connectivity index (χ1v) is 10.6. The summed E-state index contributed by atoms with van der Waals surface area (Å²) in [5, 5.41) is 1.44. The molecule has 0 saturated carbocycles. The highest BCUT2D eigenvalue weighted by molar-refractivity contribution is 7.98. The van der Waals surface area contributed by atoms with Gasteiger partial charge in [0.25, 0.3) is 0 Å². The molecule has 0 saturated heterocycles. The number of hydrogen-bond donors (Lipinski definition) is 0. The van der Waals surface area contributed by atoms with Gasteiger partial charge in [-0.15, -0.1) is 0 Å². The van der Waals surface area contributed by atoms with Gasteiger partial charge in [0.2, 0.25) is 5.88 Å². The molecule has 3 rings (SSSR count). The first-order chi connectivity index (χ1) is 13.2. The third-order valence-corrected chi connectivity index (χ3v) is 5.63. The molecule has 0 N–H and O–H groups in total. The van der Waals surface area contributed by atoms with Gasteiger partial charge >= 0.3 is 0 Å². The summed E-state index contributed by atoms with van der Waals surface area (Å²) in [6.07, 6.45) is 0. The van der Waals surface area contributed by atoms with Gasteiger partial charge < -0.3 is 4.74 Å². The second-order valence-corrected chi connectivity index (χ2v) is 9.22. The van der Waals surface area contributed by atoms with Crippen molar-refractivity contribution >= 4 is 23.4 Å². The summed E-state index contributed by atoms with van der Waals surface area (Å²) in [5.74, 6) is 2.14. The zero-order valence-electron chi connectivity index (χ0n) is 16.9. The van der Waals surface area contributed by atoms with Crippen LogP contribution in [0.25, 0.3) is 0 Å². The van der Waals surface area contributed by atoms with Gasteiger partial charge in [0.15, 0.2) is 5.16 Å². The first kappa shape index (κ1) is 20.7. The third-order valence-electron chi connectivity index (χ3n) is 4.48. The predicted molar refractivity (Wildman–Crippen MR) is 118 cm³/mol. The Balaban J connectivity index is 1.89. The topological polar surface area (TPSA) is 35.0 Å². The van der Waals surface area contributed by atoms with E-state index in [1.807, 2.05) is 36.4 Å². The smallest absolute Gasteiger partial charge is 0.223 e. The molecule has 3 aromatic rings. The van der Waals surface area contributed by atoms with Crippen LogP contribution in [0.5, 0.6) is 11.6 Å². The lowest BCUT2D eigenvalue weighted by Crippen LogP contribution is -2.14. The Morgan fingerprint density at radius 1 is 1.00 bits per heavy atom. The molecule has 0 spiro atoms. The number of aryl methyl sites for hydroxylation is 1. The van der Waals surface area contributed by atoms with Gasteiger partial charge in [-0.25, -0.2) is 4.98 Å². The van der Waals surface area contributed by atoms with Gasteiger partial charge in [-0.05, 0) is 48.7 Å². The van der Waals surface area contributed by atoms with E-state index in [9.17, 15) is 0 Å². The minimum absolute atomic E-state index is 0.103. The summed E-state index contributed by atoms with van der Waals surface area (Å²) in [6.45, 7) is 10.6. The zero-order chi connectivity index (χ0) is 20.3. The Morgan fingerprint density at radius 3 is 2.46 bits per heavy atom. The lowest BCUT2D eigenvalue weighted by molar-refractivity contribution is 0.443. The summed E-state index contributed by atoms with van der Waals surface area (Å²) < 4.78 is 6.15. The van der Waals surface area contributed by atoms with Crippen molar-refractivity contribution < 1.29 is 4.74 Å². The number of rotatable bonds is 5. The van der Waals surface area contributed by atoms with Crippen molar-refractivity contribution in [1.29, 1.82) is 0 Å². The van der Waals surface area contributed by atoms with Crippen molar-refractivity contribution in [2.75, 3.05) is 0 Å². The van der Waals surface area contributed by atoms with E-state index in [0.29, 0.717) is 11.0 Å². The largest absolute Gasteiger partial charge is 0.439 e. The zero-order valence-corrected chi connectivity index (χ0v) is 18.5. The number of thioether (sulfide) groups is 1. The van der Waals surface area contributed by atoms with E-state index < -0.39 is 0 Å². The van der Waals surface area contributed by atoms with Crippen LogP contribution in [0, 0.1) is 13.8 Å². The Bertz CT molecular complexity index is 983. The lowest BCUT2D eigenvalue weighted by atomic mass is 9.92. The Kier molecular flexibility index (Phi) is 6.31. The molecule has 2 aromatic carbocycles. The fourth-order valence-electron chi connectivity index (χ4n) is 2.63.